The largest absolute Gasteiger partial charge is 0.488 e. The van der Waals surface area contributed by atoms with Gasteiger partial charge in [0.2, 0.25) is 0 Å². The van der Waals surface area contributed by atoms with Gasteiger partial charge in [0, 0.05) is 28.2 Å². The van der Waals surface area contributed by atoms with Crippen LogP contribution >= 0.6 is 28.3 Å². The first-order chi connectivity index (χ1) is 13.7. The highest BCUT2D eigenvalue weighted by Gasteiger charge is 2.12. The van der Waals surface area contributed by atoms with Crippen LogP contribution in [0.2, 0.25) is 0 Å². The SMILES string of the molecule is CCCC(NCc1cc(Br)ccc1OCc1ccccc1F)c1ccccc1.Cl. The van der Waals surface area contributed by atoms with Crippen LogP contribution < -0.4 is 10.1 Å². The van der Waals surface area contributed by atoms with Crippen molar-refractivity contribution >= 4 is 28.3 Å². The Balaban J connectivity index is 0.00000300. The number of ether oxygens (including phenoxy) is 1. The molecule has 0 aromatic heterocycles. The van der Waals surface area contributed by atoms with Crippen molar-refractivity contribution in [2.75, 3.05) is 0 Å². The first-order valence-corrected chi connectivity index (χ1v) is 10.4. The van der Waals surface area contributed by atoms with Crippen molar-refractivity contribution in [2.45, 2.75) is 39.0 Å². The second kappa shape index (κ2) is 12.0. The summed E-state index contributed by atoms with van der Waals surface area (Å²) in [5.74, 6) is 0.522. The topological polar surface area (TPSA) is 21.3 Å². The molecule has 0 heterocycles. The van der Waals surface area contributed by atoms with Gasteiger partial charge in [-0.2, -0.15) is 0 Å². The highest BCUT2D eigenvalue weighted by Crippen LogP contribution is 2.26. The van der Waals surface area contributed by atoms with Gasteiger partial charge in [-0.15, -0.1) is 12.4 Å². The molecule has 0 fully saturated rings. The van der Waals surface area contributed by atoms with Crippen LogP contribution in [-0.2, 0) is 13.2 Å². The highest BCUT2D eigenvalue weighted by molar-refractivity contribution is 9.10. The van der Waals surface area contributed by atoms with Gasteiger partial charge in [-0.25, -0.2) is 4.39 Å². The summed E-state index contributed by atoms with van der Waals surface area (Å²) in [5.41, 5.74) is 2.88. The molecule has 0 spiro atoms. The Labute approximate surface area is 187 Å². The third-order valence-corrected chi connectivity index (χ3v) is 5.18. The van der Waals surface area contributed by atoms with Crippen molar-refractivity contribution < 1.29 is 9.13 Å². The van der Waals surface area contributed by atoms with Crippen LogP contribution in [0.5, 0.6) is 5.75 Å². The molecule has 5 heteroatoms. The Morgan fingerprint density at radius 1 is 0.966 bits per heavy atom. The van der Waals surface area contributed by atoms with E-state index in [1.54, 1.807) is 12.1 Å². The molecular weight excluding hydrogens is 453 g/mol. The first-order valence-electron chi connectivity index (χ1n) is 9.60. The van der Waals surface area contributed by atoms with E-state index in [4.69, 9.17) is 4.74 Å². The van der Waals surface area contributed by atoms with Crippen molar-refractivity contribution in [1.82, 2.24) is 5.32 Å². The number of halogens is 3. The molecule has 3 aromatic rings. The molecule has 1 N–H and O–H groups in total. The Morgan fingerprint density at radius 3 is 2.41 bits per heavy atom. The van der Waals surface area contributed by atoms with Gasteiger partial charge < -0.3 is 10.1 Å². The van der Waals surface area contributed by atoms with Crippen LogP contribution in [0, 0.1) is 5.82 Å². The number of hydrogen-bond donors (Lipinski definition) is 1. The molecule has 3 rings (SSSR count). The van der Waals surface area contributed by atoms with Gasteiger partial charge in [-0.1, -0.05) is 77.8 Å². The van der Waals surface area contributed by atoms with E-state index in [9.17, 15) is 4.39 Å². The molecular formula is C24H26BrClFNO. The lowest BCUT2D eigenvalue weighted by Crippen LogP contribution is -2.21. The average molecular weight is 479 g/mol. The lowest BCUT2D eigenvalue weighted by Gasteiger charge is -2.20. The van der Waals surface area contributed by atoms with E-state index in [1.165, 1.54) is 11.6 Å². The second-order valence-corrected chi connectivity index (χ2v) is 7.68. The third-order valence-electron chi connectivity index (χ3n) is 4.68. The monoisotopic (exact) mass is 477 g/mol. The van der Waals surface area contributed by atoms with Gasteiger partial charge in [0.1, 0.15) is 18.2 Å². The summed E-state index contributed by atoms with van der Waals surface area (Å²) in [5, 5.41) is 3.66. The molecule has 0 aliphatic carbocycles. The maximum atomic E-state index is 13.9. The van der Waals surface area contributed by atoms with Crippen LogP contribution in [0.1, 0.15) is 42.5 Å². The zero-order chi connectivity index (χ0) is 19.8. The summed E-state index contributed by atoms with van der Waals surface area (Å²) >= 11 is 3.54. The van der Waals surface area contributed by atoms with Crippen LogP contribution in [0.25, 0.3) is 0 Å². The van der Waals surface area contributed by atoms with Gasteiger partial charge in [-0.05, 0) is 36.2 Å². The quantitative estimate of drug-likeness (QED) is 0.350. The Morgan fingerprint density at radius 2 is 1.69 bits per heavy atom. The van der Waals surface area contributed by atoms with E-state index in [0.29, 0.717) is 12.1 Å². The van der Waals surface area contributed by atoms with Crippen molar-refractivity contribution in [2.24, 2.45) is 0 Å². The third kappa shape index (κ3) is 6.84. The molecule has 0 aliphatic heterocycles. The minimum absolute atomic E-state index is 0. The standard InChI is InChI=1S/C24H25BrFNO.ClH/c1-2-8-23(18-9-4-3-5-10-18)27-16-20-15-21(25)13-14-24(20)28-17-19-11-6-7-12-22(19)26;/h3-7,9-15,23,27H,2,8,16-17H2,1H3;1H. The Kier molecular flexibility index (Phi) is 9.65. The molecule has 0 saturated carbocycles. The van der Waals surface area contributed by atoms with E-state index in [-0.39, 0.29) is 30.9 Å². The molecule has 1 unspecified atom stereocenters. The zero-order valence-electron chi connectivity index (χ0n) is 16.4. The fraction of sp³-hybridized carbons (Fsp3) is 0.250. The first kappa shape index (κ1) is 23.4. The second-order valence-electron chi connectivity index (χ2n) is 6.76. The molecule has 1 atom stereocenters. The predicted molar refractivity (Wildman–Crippen MR) is 123 cm³/mol. The Bertz CT molecular complexity index is 891. The molecule has 0 saturated heterocycles. The minimum atomic E-state index is -0.244. The summed E-state index contributed by atoms with van der Waals surface area (Å²) in [6, 6.07) is 23.4. The molecule has 0 amide bonds. The van der Waals surface area contributed by atoms with Crippen molar-refractivity contribution in [3.05, 3.63) is 99.8 Å². The van der Waals surface area contributed by atoms with Gasteiger partial charge in [-0.3, -0.25) is 0 Å². The summed E-state index contributed by atoms with van der Waals surface area (Å²) in [6.45, 7) is 3.07. The van der Waals surface area contributed by atoms with Gasteiger partial charge in [0.05, 0.1) is 0 Å². The average Bonchev–Trinajstić information content (AvgIpc) is 2.72. The van der Waals surface area contributed by atoms with E-state index in [1.807, 2.05) is 24.3 Å². The fourth-order valence-electron chi connectivity index (χ4n) is 3.19. The summed E-state index contributed by atoms with van der Waals surface area (Å²) in [6.07, 6.45) is 2.16. The molecule has 154 valence electrons. The lowest BCUT2D eigenvalue weighted by molar-refractivity contribution is 0.295. The van der Waals surface area contributed by atoms with E-state index in [0.717, 1.165) is 28.6 Å². The van der Waals surface area contributed by atoms with Gasteiger partial charge in [0.15, 0.2) is 0 Å². The molecule has 3 aromatic carbocycles. The Hall–Kier alpha value is -1.88. The minimum Gasteiger partial charge on any atom is -0.488 e. The van der Waals surface area contributed by atoms with Crippen LogP contribution in [0.3, 0.4) is 0 Å². The van der Waals surface area contributed by atoms with Crippen molar-refractivity contribution in [3.8, 4) is 5.75 Å². The molecule has 0 radical (unpaired) electrons. The summed E-state index contributed by atoms with van der Waals surface area (Å²) < 4.78 is 20.8. The predicted octanol–water partition coefficient (Wildman–Crippen LogP) is 7.22. The van der Waals surface area contributed by atoms with Crippen molar-refractivity contribution in [3.63, 3.8) is 0 Å². The number of hydrogen-bond acceptors (Lipinski definition) is 2. The highest BCUT2D eigenvalue weighted by atomic mass is 79.9. The van der Waals surface area contributed by atoms with Crippen LogP contribution in [0.15, 0.2) is 77.3 Å². The summed E-state index contributed by atoms with van der Waals surface area (Å²) in [7, 11) is 0. The molecule has 2 nitrogen and oxygen atoms in total. The molecule has 0 aliphatic rings. The van der Waals surface area contributed by atoms with E-state index < -0.39 is 0 Å². The lowest BCUT2D eigenvalue weighted by atomic mass is 10.0. The van der Waals surface area contributed by atoms with Crippen molar-refractivity contribution in [1.29, 1.82) is 0 Å². The zero-order valence-corrected chi connectivity index (χ0v) is 18.8. The number of nitrogens with one attached hydrogen (secondary N) is 1. The normalized spacial score (nSPS) is 11.6. The van der Waals surface area contributed by atoms with Gasteiger partial charge >= 0.3 is 0 Å². The van der Waals surface area contributed by atoms with Crippen LogP contribution in [-0.4, -0.2) is 0 Å². The summed E-state index contributed by atoms with van der Waals surface area (Å²) in [4.78, 5) is 0. The van der Waals surface area contributed by atoms with Crippen LogP contribution in [0.4, 0.5) is 4.39 Å². The number of benzene rings is 3. The molecule has 0 bridgehead atoms. The van der Waals surface area contributed by atoms with E-state index >= 15 is 0 Å². The van der Waals surface area contributed by atoms with Gasteiger partial charge in [0.25, 0.3) is 0 Å². The van der Waals surface area contributed by atoms with E-state index in [2.05, 4.69) is 58.5 Å². The molecule has 29 heavy (non-hydrogen) atoms. The maximum Gasteiger partial charge on any atom is 0.129 e. The number of rotatable bonds is 9. The fourth-order valence-corrected chi connectivity index (χ4v) is 3.60. The smallest absolute Gasteiger partial charge is 0.129 e. The maximum absolute atomic E-state index is 13.9.